The van der Waals surface area contributed by atoms with E-state index in [1.54, 1.807) is 0 Å². The molecule has 2 aromatic heterocycles. The molecule has 1 aliphatic carbocycles. The highest BCUT2D eigenvalue weighted by Gasteiger charge is 2.23. The van der Waals surface area contributed by atoms with Gasteiger partial charge in [-0.25, -0.2) is 0 Å². The Bertz CT molecular complexity index is 662. The third kappa shape index (κ3) is 3.69. The number of pyridine rings is 1. The Morgan fingerprint density at radius 2 is 2.13 bits per heavy atom. The second kappa shape index (κ2) is 7.08. The van der Waals surface area contributed by atoms with E-state index in [-0.39, 0.29) is 11.9 Å². The highest BCUT2D eigenvalue weighted by atomic mass is 16.2. The maximum Gasteiger partial charge on any atom is 0.237 e. The number of carbonyl (C=O) groups is 1. The largest absolute Gasteiger partial charge is 0.345 e. The average Bonchev–Trinajstić information content (AvgIpc) is 2.99. The SMILES string of the molecule is CC(NC(=O)C(N)CC1CCCCC1)c1nnc2ccccn12. The number of hydrogen-bond acceptors (Lipinski definition) is 4. The van der Waals surface area contributed by atoms with Gasteiger partial charge in [-0.15, -0.1) is 10.2 Å². The van der Waals surface area contributed by atoms with Gasteiger partial charge < -0.3 is 11.1 Å². The van der Waals surface area contributed by atoms with Crippen LogP contribution in [0.3, 0.4) is 0 Å². The van der Waals surface area contributed by atoms with Crippen molar-refractivity contribution in [3.05, 3.63) is 30.2 Å². The molecule has 0 saturated heterocycles. The summed E-state index contributed by atoms with van der Waals surface area (Å²) in [7, 11) is 0. The van der Waals surface area contributed by atoms with Gasteiger partial charge in [-0.3, -0.25) is 9.20 Å². The fourth-order valence-electron chi connectivity index (χ4n) is 3.43. The number of nitrogens with one attached hydrogen (secondary N) is 1. The van der Waals surface area contributed by atoms with Crippen LogP contribution in [0.25, 0.3) is 5.65 Å². The van der Waals surface area contributed by atoms with E-state index in [2.05, 4.69) is 15.5 Å². The van der Waals surface area contributed by atoms with Gasteiger partial charge in [0.1, 0.15) is 0 Å². The summed E-state index contributed by atoms with van der Waals surface area (Å²) in [4.78, 5) is 12.4. The summed E-state index contributed by atoms with van der Waals surface area (Å²) in [6, 6.07) is 5.05. The first-order valence-electron chi connectivity index (χ1n) is 8.51. The molecule has 124 valence electrons. The van der Waals surface area contributed by atoms with Crippen LogP contribution in [0.1, 0.15) is 57.3 Å². The van der Waals surface area contributed by atoms with E-state index in [9.17, 15) is 4.79 Å². The first-order chi connectivity index (χ1) is 11.1. The van der Waals surface area contributed by atoms with Crippen molar-refractivity contribution < 1.29 is 4.79 Å². The van der Waals surface area contributed by atoms with Crippen LogP contribution in [0.4, 0.5) is 0 Å². The minimum absolute atomic E-state index is 0.101. The van der Waals surface area contributed by atoms with Crippen molar-refractivity contribution >= 4 is 11.6 Å². The third-order valence-electron chi connectivity index (χ3n) is 4.73. The van der Waals surface area contributed by atoms with Gasteiger partial charge in [0.2, 0.25) is 5.91 Å². The molecular formula is C17H25N5O. The van der Waals surface area contributed by atoms with Gasteiger partial charge in [0, 0.05) is 6.20 Å². The van der Waals surface area contributed by atoms with Crippen molar-refractivity contribution in [3.8, 4) is 0 Å². The molecule has 1 saturated carbocycles. The summed E-state index contributed by atoms with van der Waals surface area (Å²) in [6.07, 6.45) is 8.92. The van der Waals surface area contributed by atoms with E-state index < -0.39 is 6.04 Å². The Morgan fingerprint density at radius 1 is 1.35 bits per heavy atom. The van der Waals surface area contributed by atoms with Crippen LogP contribution < -0.4 is 11.1 Å². The third-order valence-corrected chi connectivity index (χ3v) is 4.73. The zero-order valence-electron chi connectivity index (χ0n) is 13.6. The highest BCUT2D eigenvalue weighted by molar-refractivity contribution is 5.81. The van der Waals surface area contributed by atoms with Crippen molar-refractivity contribution in [1.82, 2.24) is 19.9 Å². The van der Waals surface area contributed by atoms with E-state index in [0.717, 1.165) is 17.9 Å². The van der Waals surface area contributed by atoms with Gasteiger partial charge in [0.15, 0.2) is 11.5 Å². The Kier molecular flexibility index (Phi) is 4.91. The van der Waals surface area contributed by atoms with Gasteiger partial charge in [-0.1, -0.05) is 38.2 Å². The van der Waals surface area contributed by atoms with E-state index in [1.165, 1.54) is 32.1 Å². The zero-order chi connectivity index (χ0) is 16.2. The molecule has 6 nitrogen and oxygen atoms in total. The van der Waals surface area contributed by atoms with E-state index in [4.69, 9.17) is 5.73 Å². The Labute approximate surface area is 136 Å². The van der Waals surface area contributed by atoms with Crippen LogP contribution >= 0.6 is 0 Å². The Hall–Kier alpha value is -1.95. The first kappa shape index (κ1) is 15.9. The smallest absolute Gasteiger partial charge is 0.237 e. The fourth-order valence-corrected chi connectivity index (χ4v) is 3.43. The molecular weight excluding hydrogens is 290 g/mol. The quantitative estimate of drug-likeness (QED) is 0.886. The number of nitrogens with zero attached hydrogens (tertiary/aromatic N) is 3. The minimum Gasteiger partial charge on any atom is -0.345 e. The molecule has 3 N–H and O–H groups in total. The lowest BCUT2D eigenvalue weighted by Crippen LogP contribution is -2.43. The Morgan fingerprint density at radius 3 is 2.91 bits per heavy atom. The van der Waals surface area contributed by atoms with E-state index in [1.807, 2.05) is 35.7 Å². The van der Waals surface area contributed by atoms with Crippen molar-refractivity contribution in [2.45, 2.75) is 57.5 Å². The minimum atomic E-state index is -0.445. The van der Waals surface area contributed by atoms with Gasteiger partial charge in [-0.2, -0.15) is 0 Å². The second-order valence-corrected chi connectivity index (χ2v) is 6.56. The first-order valence-corrected chi connectivity index (χ1v) is 8.51. The molecule has 1 fully saturated rings. The molecule has 2 heterocycles. The summed E-state index contributed by atoms with van der Waals surface area (Å²) in [5.41, 5.74) is 6.88. The summed E-state index contributed by atoms with van der Waals surface area (Å²) in [6.45, 7) is 1.91. The summed E-state index contributed by atoms with van der Waals surface area (Å²) in [5, 5.41) is 11.3. The summed E-state index contributed by atoms with van der Waals surface area (Å²) < 4.78 is 1.89. The molecule has 0 aliphatic heterocycles. The molecule has 0 bridgehead atoms. The average molecular weight is 315 g/mol. The van der Waals surface area contributed by atoms with Crippen LogP contribution in [0, 0.1) is 5.92 Å². The van der Waals surface area contributed by atoms with Gasteiger partial charge in [0.05, 0.1) is 12.1 Å². The highest BCUT2D eigenvalue weighted by Crippen LogP contribution is 2.27. The molecule has 2 unspecified atom stereocenters. The lowest BCUT2D eigenvalue weighted by atomic mass is 9.85. The Balaban J connectivity index is 1.60. The second-order valence-electron chi connectivity index (χ2n) is 6.56. The number of carbonyl (C=O) groups excluding carboxylic acids is 1. The predicted octanol–water partition coefficient (Wildman–Crippen LogP) is 2.20. The van der Waals surface area contributed by atoms with E-state index >= 15 is 0 Å². The molecule has 3 rings (SSSR count). The lowest BCUT2D eigenvalue weighted by Gasteiger charge is -2.24. The van der Waals surface area contributed by atoms with Crippen LogP contribution in [0.2, 0.25) is 0 Å². The number of fused-ring (bicyclic) bond motifs is 1. The number of nitrogens with two attached hydrogens (primary N) is 1. The molecule has 0 spiro atoms. The van der Waals surface area contributed by atoms with Crippen LogP contribution in [-0.4, -0.2) is 26.5 Å². The number of aromatic nitrogens is 3. The number of rotatable bonds is 5. The molecule has 6 heteroatoms. The topological polar surface area (TPSA) is 85.3 Å². The molecule has 2 aromatic rings. The van der Waals surface area contributed by atoms with Crippen LogP contribution in [0.15, 0.2) is 24.4 Å². The molecule has 0 aromatic carbocycles. The van der Waals surface area contributed by atoms with Gasteiger partial charge in [-0.05, 0) is 31.4 Å². The summed E-state index contributed by atoms with van der Waals surface area (Å²) in [5.74, 6) is 1.21. The normalized spacial score (nSPS) is 18.7. The van der Waals surface area contributed by atoms with Gasteiger partial charge >= 0.3 is 0 Å². The van der Waals surface area contributed by atoms with Gasteiger partial charge in [0.25, 0.3) is 0 Å². The molecule has 1 aliphatic rings. The van der Waals surface area contributed by atoms with Crippen molar-refractivity contribution in [2.24, 2.45) is 11.7 Å². The van der Waals surface area contributed by atoms with Crippen LogP contribution in [-0.2, 0) is 4.79 Å². The molecule has 2 atom stereocenters. The zero-order valence-corrected chi connectivity index (χ0v) is 13.6. The predicted molar refractivity (Wildman–Crippen MR) is 88.7 cm³/mol. The van der Waals surface area contributed by atoms with Crippen molar-refractivity contribution in [1.29, 1.82) is 0 Å². The molecule has 0 radical (unpaired) electrons. The maximum absolute atomic E-state index is 12.4. The standard InChI is InChI=1S/C17H25N5O/c1-12(16-21-20-15-9-5-6-10-22(15)16)19-17(23)14(18)11-13-7-3-2-4-8-13/h5-6,9-10,12-14H,2-4,7-8,11,18H2,1H3,(H,19,23). The number of amides is 1. The number of hydrogen-bond donors (Lipinski definition) is 2. The van der Waals surface area contributed by atoms with Crippen LogP contribution in [0.5, 0.6) is 0 Å². The summed E-state index contributed by atoms with van der Waals surface area (Å²) >= 11 is 0. The maximum atomic E-state index is 12.4. The molecule has 1 amide bonds. The lowest BCUT2D eigenvalue weighted by molar-refractivity contribution is -0.123. The monoisotopic (exact) mass is 315 g/mol. The molecule has 23 heavy (non-hydrogen) atoms. The van der Waals surface area contributed by atoms with Crippen molar-refractivity contribution in [3.63, 3.8) is 0 Å². The van der Waals surface area contributed by atoms with E-state index in [0.29, 0.717) is 5.92 Å². The van der Waals surface area contributed by atoms with Crippen molar-refractivity contribution in [2.75, 3.05) is 0 Å². The fraction of sp³-hybridized carbons (Fsp3) is 0.588.